The van der Waals surface area contributed by atoms with E-state index in [4.69, 9.17) is 0 Å². The summed E-state index contributed by atoms with van der Waals surface area (Å²) in [7, 11) is -11.7. The van der Waals surface area contributed by atoms with Crippen molar-refractivity contribution in [2.24, 2.45) is 0 Å². The second-order valence-electron chi connectivity index (χ2n) is 8.44. The molecule has 0 N–H and O–H groups in total. The second kappa shape index (κ2) is 11.9. The summed E-state index contributed by atoms with van der Waals surface area (Å²) in [5, 5.41) is 0. The lowest BCUT2D eigenvalue weighted by molar-refractivity contribution is -0.488. The molecule has 0 aromatic rings. The monoisotopic (exact) mass is 852 g/mol. The van der Waals surface area contributed by atoms with Gasteiger partial charge in [0.05, 0.1) is 0 Å². The van der Waals surface area contributed by atoms with Gasteiger partial charge in [0.15, 0.2) is 0 Å². The predicted octanol–water partition coefficient (Wildman–Crippen LogP) is 9.99. The molecule has 0 aliphatic carbocycles. The molecule has 0 rings (SSSR count). The molecule has 0 aromatic carbocycles. The Bertz CT molecular complexity index is 1180. The number of alkyl halides is 32. The summed E-state index contributed by atoms with van der Waals surface area (Å²) in [5.74, 6) is -78.4. The van der Waals surface area contributed by atoms with Gasteiger partial charge in [0.25, 0.3) is 0 Å². The first-order valence-electron chi connectivity index (χ1n) is 10.0. The van der Waals surface area contributed by atoms with Crippen molar-refractivity contribution in [2.45, 2.75) is 84.1 Å². The average molecular weight is 852 g/mol. The van der Waals surface area contributed by atoms with E-state index in [0.717, 1.165) is 13.3 Å². The molecule has 1 unspecified atom stereocenters. The van der Waals surface area contributed by atoms with E-state index >= 15 is 4.39 Å². The van der Waals surface area contributed by atoms with Gasteiger partial charge in [0.1, 0.15) is 0 Å². The zero-order valence-corrected chi connectivity index (χ0v) is 21.8. The number of hydrogen-bond donors (Lipinski definition) is 0. The lowest BCUT2D eigenvalue weighted by atomic mass is 9.88. The maximum absolute atomic E-state index is 15.0. The quantitative estimate of drug-likeness (QED) is 0.145. The maximum Gasteiger partial charge on any atom is 0.597 e. The minimum atomic E-state index is -11.7. The number of halogens is 32. The molecule has 302 valence electrons. The molecule has 0 aliphatic heterocycles. The Hall–Kier alpha value is -2.14. The van der Waals surface area contributed by atoms with Gasteiger partial charge in [-0.1, -0.05) is 0 Å². The smallest absolute Gasteiger partial charge is 0.326 e. The minimum Gasteiger partial charge on any atom is -0.326 e. The van der Waals surface area contributed by atoms with Gasteiger partial charge in [0.2, 0.25) is 0 Å². The van der Waals surface area contributed by atoms with Crippen LogP contribution >= 0.6 is 0 Å². The Balaban J connectivity index is 8.85. The van der Waals surface area contributed by atoms with Crippen LogP contribution in [0.4, 0.5) is 140 Å². The molecule has 0 fully saturated rings. The molecule has 0 amide bonds. The zero-order chi connectivity index (χ0) is 41.6. The normalized spacial score (nSPS) is 18.0. The third kappa shape index (κ3) is 6.99. The Morgan fingerprint density at radius 2 is 0.480 bits per heavy atom. The topological polar surface area (TPSA) is 27.7 Å². The Morgan fingerprint density at radius 1 is 0.240 bits per heavy atom. The first-order chi connectivity index (χ1) is 20.9. The third-order valence-corrected chi connectivity index (χ3v) is 7.64. The van der Waals surface area contributed by atoms with Crippen molar-refractivity contribution in [1.29, 1.82) is 0 Å². The summed E-state index contributed by atoms with van der Waals surface area (Å²) in [6, 6.07) is 0. The van der Waals surface area contributed by atoms with Gasteiger partial charge < -0.3 is 4.43 Å². The molecule has 0 aromatic heterocycles. The molecular formula is C14F32O3Si. The van der Waals surface area contributed by atoms with Gasteiger partial charge in [-0.25, -0.2) is 0 Å². The Kier molecular flexibility index (Phi) is 11.4. The summed E-state index contributed by atoms with van der Waals surface area (Å²) < 4.78 is 427. The zero-order valence-electron chi connectivity index (χ0n) is 20.8. The molecule has 0 radical (unpaired) electrons. The highest BCUT2D eigenvalue weighted by Gasteiger charge is 2.99. The summed E-state index contributed by atoms with van der Waals surface area (Å²) in [6.07, 6.45) is -42.9. The first-order valence-corrected chi connectivity index (χ1v) is 11.7. The number of rotatable bonds is 12. The second-order valence-corrected chi connectivity index (χ2v) is 10.8. The highest BCUT2D eigenvalue weighted by molar-refractivity contribution is 6.64. The highest BCUT2D eigenvalue weighted by atomic mass is 28.4. The summed E-state index contributed by atoms with van der Waals surface area (Å²) >= 11 is 0. The van der Waals surface area contributed by atoms with E-state index in [1.807, 2.05) is 0 Å². The van der Waals surface area contributed by atoms with Crippen LogP contribution in [0.5, 0.6) is 0 Å². The molecule has 0 saturated carbocycles. The highest BCUT2D eigenvalue weighted by Crippen LogP contribution is 2.67. The van der Waals surface area contributed by atoms with Crippen LogP contribution in [0.1, 0.15) is 0 Å². The van der Waals surface area contributed by atoms with Crippen LogP contribution in [0.15, 0.2) is 0 Å². The summed E-state index contributed by atoms with van der Waals surface area (Å²) in [4.78, 5) is 0. The molecule has 0 bridgehead atoms. The van der Waals surface area contributed by atoms with Crippen molar-refractivity contribution in [3.05, 3.63) is 0 Å². The fourth-order valence-electron chi connectivity index (χ4n) is 2.59. The van der Waals surface area contributed by atoms with Crippen LogP contribution in [0.3, 0.4) is 0 Å². The van der Waals surface area contributed by atoms with Gasteiger partial charge in [-0.3, -0.25) is 8.85 Å². The molecule has 0 spiro atoms. The molecular weight excluding hydrogens is 852 g/mol. The van der Waals surface area contributed by atoms with Crippen LogP contribution in [0.25, 0.3) is 0 Å². The molecule has 0 saturated heterocycles. The fraction of sp³-hybridized carbons (Fsp3) is 1.00. The van der Waals surface area contributed by atoms with Crippen molar-refractivity contribution in [3.63, 3.8) is 0 Å². The van der Waals surface area contributed by atoms with Crippen LogP contribution in [-0.4, -0.2) is 92.9 Å². The van der Waals surface area contributed by atoms with Gasteiger partial charge >= 0.3 is 92.9 Å². The molecule has 36 heteroatoms. The van der Waals surface area contributed by atoms with Crippen LogP contribution in [0.2, 0.25) is 0 Å². The molecule has 0 heterocycles. The largest absolute Gasteiger partial charge is 0.597 e. The van der Waals surface area contributed by atoms with Crippen molar-refractivity contribution in [2.75, 3.05) is 0 Å². The van der Waals surface area contributed by atoms with Gasteiger partial charge in [-0.05, 0) is 0 Å². The standard InChI is InChI=1S/C14F32O3Si/c15-1(16,3(19,20)5(23,24)9(30,31)32)2(17,18)4(21,22)8(29,6(25,26)10(33,34)35)47-50(48-13(41,42)43,49-14(44,45)46)12(39,40)7(27,28)11(36,37)38. The molecule has 1 atom stereocenters. The molecule has 50 heavy (non-hydrogen) atoms. The van der Waals surface area contributed by atoms with Crippen molar-refractivity contribution >= 4 is 8.80 Å². The van der Waals surface area contributed by atoms with Gasteiger partial charge in [-0.15, -0.1) is 26.3 Å². The SMILES string of the molecule is FC(F)(F)O[Si](OC(F)(F)F)(OC(F)(C(F)(F)C(F)(F)F)C(F)(F)C(F)(F)C(F)(F)C(F)(F)C(F)(F)C(F)(F)F)C(F)(F)C(F)(F)C(F)(F)F. The van der Waals surface area contributed by atoms with Crippen LogP contribution in [0, 0.1) is 0 Å². The number of hydrogen-bond acceptors (Lipinski definition) is 3. The van der Waals surface area contributed by atoms with E-state index in [1.54, 1.807) is 0 Å². The predicted molar refractivity (Wildman–Crippen MR) is 82.7 cm³/mol. The van der Waals surface area contributed by atoms with Crippen molar-refractivity contribution in [3.8, 4) is 0 Å². The molecule has 0 aliphatic rings. The third-order valence-electron chi connectivity index (χ3n) is 5.01. The summed E-state index contributed by atoms with van der Waals surface area (Å²) in [5.41, 5.74) is -9.51. The average Bonchev–Trinajstić information content (AvgIpc) is 2.78. The van der Waals surface area contributed by atoms with E-state index in [2.05, 4.69) is 0 Å². The van der Waals surface area contributed by atoms with Crippen LogP contribution in [-0.2, 0) is 13.3 Å². The summed E-state index contributed by atoms with van der Waals surface area (Å²) in [6.45, 7) is 0. The Labute approximate surface area is 248 Å². The lowest BCUT2D eigenvalue weighted by Crippen LogP contribution is -2.82. The van der Waals surface area contributed by atoms with E-state index < -0.39 is 92.9 Å². The van der Waals surface area contributed by atoms with Gasteiger partial charge in [0, 0.05) is 0 Å². The fourth-order valence-corrected chi connectivity index (χ4v) is 4.87. The maximum atomic E-state index is 15.0. The van der Waals surface area contributed by atoms with E-state index in [0.29, 0.717) is 0 Å². The van der Waals surface area contributed by atoms with Crippen LogP contribution < -0.4 is 0 Å². The minimum absolute atomic E-state index is 0.897. The van der Waals surface area contributed by atoms with E-state index in [-0.39, 0.29) is 0 Å². The van der Waals surface area contributed by atoms with Crippen molar-refractivity contribution < 1.29 is 154 Å². The Morgan fingerprint density at radius 3 is 0.720 bits per heavy atom. The van der Waals surface area contributed by atoms with E-state index in [1.165, 1.54) is 0 Å². The molecule has 3 nitrogen and oxygen atoms in total. The van der Waals surface area contributed by atoms with E-state index in [9.17, 15) is 136 Å². The first kappa shape index (κ1) is 47.9. The van der Waals surface area contributed by atoms with Crippen molar-refractivity contribution in [1.82, 2.24) is 0 Å². The van der Waals surface area contributed by atoms with Gasteiger partial charge in [-0.2, -0.15) is 114 Å². The lowest BCUT2D eigenvalue weighted by Gasteiger charge is -2.48.